The van der Waals surface area contributed by atoms with Gasteiger partial charge in [-0.25, -0.2) is 19.9 Å². The maximum Gasteiger partial charge on any atom is 0.225 e. The first kappa shape index (κ1) is 13.9. The van der Waals surface area contributed by atoms with Crippen LogP contribution in [0.2, 0.25) is 0 Å². The summed E-state index contributed by atoms with van der Waals surface area (Å²) in [6.07, 6.45) is 5.67. The second-order valence-corrected chi connectivity index (χ2v) is 5.62. The van der Waals surface area contributed by atoms with Gasteiger partial charge in [0, 0.05) is 50.3 Å². The minimum atomic E-state index is 0.0327. The summed E-state index contributed by atoms with van der Waals surface area (Å²) >= 11 is 0. The maximum absolute atomic E-state index is 11.4. The van der Waals surface area contributed by atoms with Gasteiger partial charge in [0.2, 0.25) is 17.8 Å². The van der Waals surface area contributed by atoms with Gasteiger partial charge in [0.1, 0.15) is 0 Å². The van der Waals surface area contributed by atoms with E-state index in [-0.39, 0.29) is 5.91 Å². The third kappa shape index (κ3) is 2.79. The predicted molar refractivity (Wildman–Crippen MR) is 84.0 cm³/mol. The highest BCUT2D eigenvalue weighted by Crippen LogP contribution is 2.18. The van der Waals surface area contributed by atoms with Gasteiger partial charge in [-0.2, -0.15) is 0 Å². The molecule has 1 saturated heterocycles. The van der Waals surface area contributed by atoms with Crippen LogP contribution in [0, 0.1) is 0 Å². The first-order chi connectivity index (χ1) is 11.3. The molecule has 2 aromatic heterocycles. The van der Waals surface area contributed by atoms with Crippen LogP contribution >= 0.6 is 0 Å². The minimum absolute atomic E-state index is 0.0327. The SMILES string of the molecule is O=C1Cc2cnc(N3CCN(c4ncccn4)CC3)nc2CN1. The standard InChI is InChI=1S/C15H17N7O/c23-13-8-11-9-19-15(20-12(11)10-18-13)22-6-4-21(5-7-22)14-16-2-1-3-17-14/h1-3,9H,4-8,10H2,(H,18,23). The molecule has 8 heteroatoms. The fraction of sp³-hybridized carbons (Fsp3) is 0.400. The molecule has 4 rings (SSSR count). The highest BCUT2D eigenvalue weighted by atomic mass is 16.1. The van der Waals surface area contributed by atoms with Crippen molar-refractivity contribution in [3.63, 3.8) is 0 Å². The first-order valence-corrected chi connectivity index (χ1v) is 7.68. The third-order valence-electron chi connectivity index (χ3n) is 4.14. The van der Waals surface area contributed by atoms with E-state index in [4.69, 9.17) is 0 Å². The number of hydrogen-bond donors (Lipinski definition) is 1. The molecule has 0 unspecified atom stereocenters. The van der Waals surface area contributed by atoms with Crippen molar-refractivity contribution in [2.75, 3.05) is 36.0 Å². The monoisotopic (exact) mass is 311 g/mol. The fourth-order valence-corrected chi connectivity index (χ4v) is 2.86. The molecule has 0 aliphatic carbocycles. The molecule has 2 aliphatic heterocycles. The zero-order valence-corrected chi connectivity index (χ0v) is 12.6. The Morgan fingerprint density at radius 2 is 1.65 bits per heavy atom. The molecule has 0 spiro atoms. The van der Waals surface area contributed by atoms with Gasteiger partial charge >= 0.3 is 0 Å². The van der Waals surface area contributed by atoms with Crippen molar-refractivity contribution in [1.82, 2.24) is 25.3 Å². The number of rotatable bonds is 2. The normalized spacial score (nSPS) is 17.7. The van der Waals surface area contributed by atoms with E-state index in [9.17, 15) is 4.79 Å². The number of aromatic nitrogens is 4. The second kappa shape index (κ2) is 5.79. The van der Waals surface area contributed by atoms with Gasteiger partial charge in [-0.3, -0.25) is 4.79 Å². The molecule has 1 N–H and O–H groups in total. The van der Waals surface area contributed by atoms with Gasteiger partial charge in [-0.15, -0.1) is 0 Å². The highest BCUT2D eigenvalue weighted by molar-refractivity contribution is 5.80. The number of nitrogens with one attached hydrogen (secondary N) is 1. The van der Waals surface area contributed by atoms with Crippen LogP contribution in [-0.2, 0) is 17.8 Å². The van der Waals surface area contributed by atoms with E-state index in [1.54, 1.807) is 18.6 Å². The number of anilines is 2. The van der Waals surface area contributed by atoms with Crippen molar-refractivity contribution in [3.8, 4) is 0 Å². The molecule has 23 heavy (non-hydrogen) atoms. The molecule has 0 saturated carbocycles. The van der Waals surface area contributed by atoms with Crippen molar-refractivity contribution in [3.05, 3.63) is 35.9 Å². The average Bonchev–Trinajstić information content (AvgIpc) is 2.62. The lowest BCUT2D eigenvalue weighted by Gasteiger charge is -2.35. The molecule has 2 aromatic rings. The number of piperazine rings is 1. The molecule has 8 nitrogen and oxygen atoms in total. The number of nitrogens with zero attached hydrogens (tertiary/aromatic N) is 6. The summed E-state index contributed by atoms with van der Waals surface area (Å²) < 4.78 is 0. The molecule has 0 radical (unpaired) electrons. The van der Waals surface area contributed by atoms with Crippen molar-refractivity contribution in [1.29, 1.82) is 0 Å². The molecule has 0 atom stereocenters. The topological polar surface area (TPSA) is 87.1 Å². The Balaban J connectivity index is 1.45. The Morgan fingerprint density at radius 1 is 0.957 bits per heavy atom. The summed E-state index contributed by atoms with van der Waals surface area (Å²) in [6, 6.07) is 1.82. The largest absolute Gasteiger partial charge is 0.350 e. The van der Waals surface area contributed by atoms with Crippen molar-refractivity contribution in [2.45, 2.75) is 13.0 Å². The Morgan fingerprint density at radius 3 is 2.39 bits per heavy atom. The van der Waals surface area contributed by atoms with Gasteiger partial charge in [-0.1, -0.05) is 0 Å². The summed E-state index contributed by atoms with van der Waals surface area (Å²) in [5.74, 6) is 1.53. The van der Waals surface area contributed by atoms with Crippen LogP contribution in [0.3, 0.4) is 0 Å². The summed E-state index contributed by atoms with van der Waals surface area (Å²) in [7, 11) is 0. The highest BCUT2D eigenvalue weighted by Gasteiger charge is 2.23. The van der Waals surface area contributed by atoms with Crippen LogP contribution in [0.25, 0.3) is 0 Å². The smallest absolute Gasteiger partial charge is 0.225 e. The van der Waals surface area contributed by atoms with E-state index < -0.39 is 0 Å². The van der Waals surface area contributed by atoms with Gasteiger partial charge in [0.25, 0.3) is 0 Å². The molecular formula is C15H17N7O. The van der Waals surface area contributed by atoms with Crippen LogP contribution in [-0.4, -0.2) is 52.0 Å². The predicted octanol–water partition coefficient (Wildman–Crippen LogP) is -0.234. The van der Waals surface area contributed by atoms with Crippen molar-refractivity contribution < 1.29 is 4.79 Å². The summed E-state index contributed by atoms with van der Waals surface area (Å²) in [4.78, 5) is 33.3. The third-order valence-corrected chi connectivity index (χ3v) is 4.14. The molecule has 1 fully saturated rings. The van der Waals surface area contributed by atoms with Gasteiger partial charge in [0.05, 0.1) is 18.7 Å². The summed E-state index contributed by atoms with van der Waals surface area (Å²) in [6.45, 7) is 3.80. The Hall–Kier alpha value is -2.77. The number of hydrogen-bond acceptors (Lipinski definition) is 7. The first-order valence-electron chi connectivity index (χ1n) is 7.68. The van der Waals surface area contributed by atoms with E-state index in [2.05, 4.69) is 35.1 Å². The van der Waals surface area contributed by atoms with Gasteiger partial charge in [0.15, 0.2) is 0 Å². The van der Waals surface area contributed by atoms with Crippen LogP contribution in [0.5, 0.6) is 0 Å². The van der Waals surface area contributed by atoms with E-state index in [1.165, 1.54) is 0 Å². The lowest BCUT2D eigenvalue weighted by Crippen LogP contribution is -2.47. The Bertz CT molecular complexity index is 713. The molecule has 4 heterocycles. The van der Waals surface area contributed by atoms with E-state index in [0.29, 0.717) is 13.0 Å². The van der Waals surface area contributed by atoms with Crippen LogP contribution in [0.15, 0.2) is 24.7 Å². The summed E-state index contributed by atoms with van der Waals surface area (Å²) in [5, 5.41) is 2.82. The number of carbonyl (C=O) groups excluding carboxylic acids is 1. The van der Waals surface area contributed by atoms with Gasteiger partial charge < -0.3 is 15.1 Å². The van der Waals surface area contributed by atoms with Crippen LogP contribution in [0.4, 0.5) is 11.9 Å². The lowest BCUT2D eigenvalue weighted by atomic mass is 10.1. The molecular weight excluding hydrogens is 294 g/mol. The molecule has 0 bridgehead atoms. The molecule has 0 aromatic carbocycles. The molecule has 2 aliphatic rings. The Kier molecular flexibility index (Phi) is 3.49. The second-order valence-electron chi connectivity index (χ2n) is 5.62. The fourth-order valence-electron chi connectivity index (χ4n) is 2.86. The van der Waals surface area contributed by atoms with Crippen molar-refractivity contribution in [2.24, 2.45) is 0 Å². The van der Waals surface area contributed by atoms with E-state index >= 15 is 0 Å². The quantitative estimate of drug-likeness (QED) is 0.819. The van der Waals surface area contributed by atoms with Crippen LogP contribution < -0.4 is 15.1 Å². The van der Waals surface area contributed by atoms with Gasteiger partial charge in [-0.05, 0) is 6.07 Å². The zero-order chi connectivity index (χ0) is 15.6. The number of carbonyl (C=O) groups is 1. The van der Waals surface area contributed by atoms with Crippen LogP contribution in [0.1, 0.15) is 11.3 Å². The lowest BCUT2D eigenvalue weighted by molar-refractivity contribution is -0.121. The Labute approximate surface area is 133 Å². The average molecular weight is 311 g/mol. The van der Waals surface area contributed by atoms with E-state index in [0.717, 1.165) is 49.3 Å². The number of fused-ring (bicyclic) bond motifs is 1. The summed E-state index contributed by atoms with van der Waals surface area (Å²) in [5.41, 5.74) is 1.84. The van der Waals surface area contributed by atoms with Crippen molar-refractivity contribution >= 4 is 17.8 Å². The molecule has 1 amide bonds. The zero-order valence-electron chi connectivity index (χ0n) is 12.6. The maximum atomic E-state index is 11.4. The molecule has 118 valence electrons. The number of amides is 1. The van der Waals surface area contributed by atoms with E-state index in [1.807, 2.05) is 6.07 Å². The minimum Gasteiger partial charge on any atom is -0.350 e.